The van der Waals surface area contributed by atoms with Crippen molar-refractivity contribution < 1.29 is 32.5 Å². The molecule has 0 radical (unpaired) electrons. The molecule has 0 bridgehead atoms. The van der Waals surface area contributed by atoms with Crippen molar-refractivity contribution in [3.8, 4) is 22.9 Å². The van der Waals surface area contributed by atoms with Crippen LogP contribution in [0.15, 0.2) is 42.6 Å². The first kappa shape index (κ1) is 26.1. The summed E-state index contributed by atoms with van der Waals surface area (Å²) in [5.74, 6) is 0.293. The Morgan fingerprint density at radius 3 is 2.40 bits per heavy atom. The molecule has 35 heavy (non-hydrogen) atoms. The molecule has 0 saturated heterocycles. The Morgan fingerprint density at radius 2 is 1.74 bits per heavy atom. The molecule has 2 aromatic carbocycles. The second kappa shape index (κ2) is 11.3. The van der Waals surface area contributed by atoms with Gasteiger partial charge in [0.1, 0.15) is 17.3 Å². The van der Waals surface area contributed by atoms with Crippen molar-refractivity contribution in [3.05, 3.63) is 65.0 Å². The Hall–Kier alpha value is -3.49. The predicted octanol–water partition coefficient (Wildman–Crippen LogP) is 6.45. The zero-order chi connectivity index (χ0) is 25.6. The van der Waals surface area contributed by atoms with E-state index in [4.69, 9.17) is 9.84 Å². The number of hydrogen-bond donors (Lipinski definition) is 1. The number of carboxylic acid groups (broad SMARTS) is 1. The van der Waals surface area contributed by atoms with E-state index in [1.54, 1.807) is 18.3 Å². The molecular weight excluding hydrogens is 461 g/mol. The molecule has 1 aromatic heterocycles. The van der Waals surface area contributed by atoms with Gasteiger partial charge in [0.25, 0.3) is 0 Å². The molecule has 0 aliphatic heterocycles. The van der Waals surface area contributed by atoms with Crippen molar-refractivity contribution in [2.24, 2.45) is 0 Å². The van der Waals surface area contributed by atoms with Gasteiger partial charge in [-0.25, -0.2) is 4.98 Å². The van der Waals surface area contributed by atoms with E-state index in [1.165, 1.54) is 12.1 Å². The largest absolute Gasteiger partial charge is 0.573 e. The van der Waals surface area contributed by atoms with Crippen LogP contribution >= 0.6 is 0 Å². The van der Waals surface area contributed by atoms with Gasteiger partial charge in [-0.2, -0.15) is 0 Å². The number of aryl methyl sites for hydroxylation is 2. The Labute approximate surface area is 202 Å². The number of unbranched alkanes of at least 4 members (excludes halogenated alkanes) is 2. The van der Waals surface area contributed by atoms with Crippen molar-refractivity contribution >= 4 is 5.97 Å². The number of nitrogens with zero attached hydrogens (tertiary/aromatic N) is 2. The van der Waals surface area contributed by atoms with Gasteiger partial charge in [-0.1, -0.05) is 6.07 Å². The Kier molecular flexibility index (Phi) is 8.43. The van der Waals surface area contributed by atoms with Crippen molar-refractivity contribution in [3.63, 3.8) is 0 Å². The minimum absolute atomic E-state index is 0.154. The highest BCUT2D eigenvalue weighted by atomic mass is 19.4. The topological polar surface area (TPSA) is 73.6 Å². The number of halogens is 3. The van der Waals surface area contributed by atoms with E-state index in [-0.39, 0.29) is 12.2 Å². The van der Waals surface area contributed by atoms with E-state index in [0.29, 0.717) is 31.0 Å². The van der Waals surface area contributed by atoms with Crippen molar-refractivity contribution in [1.82, 2.24) is 9.55 Å². The molecule has 0 fully saturated rings. The second-order valence-electron chi connectivity index (χ2n) is 8.42. The molecule has 0 unspecified atom stereocenters. The molecule has 9 heteroatoms. The predicted molar refractivity (Wildman–Crippen MR) is 126 cm³/mol. The smallest absolute Gasteiger partial charge is 0.493 e. The van der Waals surface area contributed by atoms with Crippen LogP contribution in [0.1, 0.15) is 48.1 Å². The third kappa shape index (κ3) is 7.24. The van der Waals surface area contributed by atoms with Crippen LogP contribution in [0.4, 0.5) is 13.2 Å². The third-order valence-electron chi connectivity index (χ3n) is 5.84. The highest BCUT2D eigenvalue weighted by Gasteiger charge is 2.31. The fourth-order valence-electron chi connectivity index (χ4n) is 3.77. The standard InChI is InChI=1S/C26H29F3N2O4/c1-17-8-13-23(34-14-6-4-5-7-24(32)33)22(19(17)3)16-31-18(2)15-30-25(31)20-9-11-21(12-10-20)35-26(27,28)29/h8-13,15H,4-7,14,16H2,1-3H3,(H,32,33). The van der Waals surface area contributed by atoms with Crippen molar-refractivity contribution in [2.75, 3.05) is 6.61 Å². The minimum atomic E-state index is -4.74. The van der Waals surface area contributed by atoms with E-state index < -0.39 is 12.3 Å². The average molecular weight is 491 g/mol. The maximum absolute atomic E-state index is 12.5. The van der Waals surface area contributed by atoms with Crippen molar-refractivity contribution in [1.29, 1.82) is 0 Å². The van der Waals surface area contributed by atoms with Gasteiger partial charge in [0.05, 0.1) is 13.2 Å². The maximum Gasteiger partial charge on any atom is 0.573 e. The number of aliphatic carboxylic acids is 1. The molecule has 188 valence electrons. The van der Waals surface area contributed by atoms with Gasteiger partial charge in [0, 0.05) is 29.4 Å². The van der Waals surface area contributed by atoms with Crippen molar-refractivity contribution in [2.45, 2.75) is 59.4 Å². The van der Waals surface area contributed by atoms with Crippen LogP contribution in [0.25, 0.3) is 11.4 Å². The number of hydrogen-bond acceptors (Lipinski definition) is 4. The van der Waals surface area contributed by atoms with Crippen LogP contribution in [-0.2, 0) is 11.3 Å². The molecule has 6 nitrogen and oxygen atoms in total. The zero-order valence-electron chi connectivity index (χ0n) is 20.0. The number of ether oxygens (including phenoxy) is 2. The molecule has 0 saturated carbocycles. The number of alkyl halides is 3. The lowest BCUT2D eigenvalue weighted by molar-refractivity contribution is -0.274. The summed E-state index contributed by atoms with van der Waals surface area (Å²) in [5, 5.41) is 8.76. The molecule has 3 aromatic rings. The van der Waals surface area contributed by atoms with Gasteiger partial charge in [-0.05, 0) is 81.5 Å². The summed E-state index contributed by atoms with van der Waals surface area (Å²) in [6.45, 7) is 6.93. The van der Waals surface area contributed by atoms with Gasteiger partial charge >= 0.3 is 12.3 Å². The lowest BCUT2D eigenvalue weighted by Crippen LogP contribution is -2.17. The normalized spacial score (nSPS) is 11.5. The van der Waals surface area contributed by atoms with Crippen LogP contribution in [0.2, 0.25) is 0 Å². The van der Waals surface area contributed by atoms with E-state index in [9.17, 15) is 18.0 Å². The molecule has 0 spiro atoms. The van der Waals surface area contributed by atoms with Crippen LogP contribution in [0.3, 0.4) is 0 Å². The third-order valence-corrected chi connectivity index (χ3v) is 5.84. The molecule has 3 rings (SSSR count). The summed E-state index contributed by atoms with van der Waals surface area (Å²) in [5.41, 5.74) is 4.76. The number of imidazole rings is 1. The summed E-state index contributed by atoms with van der Waals surface area (Å²) in [6, 6.07) is 9.58. The fraction of sp³-hybridized carbons (Fsp3) is 0.385. The molecular formula is C26H29F3N2O4. The van der Waals surface area contributed by atoms with Crippen LogP contribution in [0.5, 0.6) is 11.5 Å². The molecule has 0 aliphatic rings. The van der Waals surface area contributed by atoms with E-state index >= 15 is 0 Å². The number of rotatable bonds is 11. The Bertz CT molecular complexity index is 1150. The molecule has 1 N–H and O–H groups in total. The first-order valence-electron chi connectivity index (χ1n) is 11.4. The first-order valence-corrected chi connectivity index (χ1v) is 11.4. The highest BCUT2D eigenvalue weighted by Crippen LogP contribution is 2.30. The monoisotopic (exact) mass is 490 g/mol. The van der Waals surface area contributed by atoms with E-state index in [2.05, 4.69) is 9.72 Å². The van der Waals surface area contributed by atoms with Gasteiger partial charge in [-0.15, -0.1) is 13.2 Å². The lowest BCUT2D eigenvalue weighted by atomic mass is 10.0. The van der Waals surface area contributed by atoms with Gasteiger partial charge in [0.2, 0.25) is 0 Å². The van der Waals surface area contributed by atoms with E-state index in [1.807, 2.05) is 37.5 Å². The number of aromatic nitrogens is 2. The van der Waals surface area contributed by atoms with E-state index in [0.717, 1.165) is 41.0 Å². The van der Waals surface area contributed by atoms with Gasteiger partial charge in [-0.3, -0.25) is 4.79 Å². The lowest BCUT2D eigenvalue weighted by Gasteiger charge is -2.18. The second-order valence-corrected chi connectivity index (χ2v) is 8.42. The quantitative estimate of drug-likeness (QED) is 0.313. The highest BCUT2D eigenvalue weighted by molar-refractivity contribution is 5.66. The number of carboxylic acids is 1. The van der Waals surface area contributed by atoms with Gasteiger partial charge in [0.15, 0.2) is 0 Å². The van der Waals surface area contributed by atoms with Crippen LogP contribution in [0, 0.1) is 20.8 Å². The Balaban J connectivity index is 1.80. The number of carbonyl (C=O) groups is 1. The SMILES string of the molecule is Cc1ccc(OCCCCCC(=O)O)c(Cn2c(C)cnc2-c2ccc(OC(F)(F)F)cc2)c1C. The summed E-state index contributed by atoms with van der Waals surface area (Å²) < 4.78 is 49.5. The number of benzene rings is 2. The van der Waals surface area contributed by atoms with Crippen LogP contribution < -0.4 is 9.47 Å². The van der Waals surface area contributed by atoms with Gasteiger partial charge < -0.3 is 19.1 Å². The van der Waals surface area contributed by atoms with Crippen LogP contribution in [-0.4, -0.2) is 33.6 Å². The average Bonchev–Trinajstić information content (AvgIpc) is 3.14. The molecule has 0 atom stereocenters. The Morgan fingerprint density at radius 1 is 1.03 bits per heavy atom. The summed E-state index contributed by atoms with van der Waals surface area (Å²) in [6.07, 6.45) is -0.730. The first-order chi connectivity index (χ1) is 16.5. The summed E-state index contributed by atoms with van der Waals surface area (Å²) in [7, 11) is 0. The molecule has 0 aliphatic carbocycles. The molecule has 0 amide bonds. The summed E-state index contributed by atoms with van der Waals surface area (Å²) >= 11 is 0. The fourth-order valence-corrected chi connectivity index (χ4v) is 3.77. The minimum Gasteiger partial charge on any atom is -0.493 e. The summed E-state index contributed by atoms with van der Waals surface area (Å²) in [4.78, 5) is 15.1. The molecule has 1 heterocycles. The maximum atomic E-state index is 12.5. The zero-order valence-corrected chi connectivity index (χ0v) is 20.0.